The number of carbonyl (C=O) groups is 1. The molecule has 0 radical (unpaired) electrons. The fraction of sp³-hybridized carbons (Fsp3) is 0.214. The molecule has 1 aromatic carbocycles. The molecule has 6 nitrogen and oxygen atoms in total. The molecule has 0 saturated heterocycles. The summed E-state index contributed by atoms with van der Waals surface area (Å²) in [6.45, 7) is 1.61. The molecule has 0 unspecified atom stereocenters. The van der Waals surface area contributed by atoms with Gasteiger partial charge in [0.2, 0.25) is 0 Å². The first-order valence-corrected chi connectivity index (χ1v) is 6.44. The Bertz CT molecular complexity index is 754. The number of amides is 1. The Kier molecular flexibility index (Phi) is 4.68. The van der Waals surface area contributed by atoms with Gasteiger partial charge in [-0.25, -0.2) is 4.98 Å². The van der Waals surface area contributed by atoms with E-state index >= 15 is 0 Å². The second kappa shape index (κ2) is 6.51. The summed E-state index contributed by atoms with van der Waals surface area (Å²) in [4.78, 5) is 29.4. The monoisotopic (exact) mass is 327 g/mol. The lowest BCUT2D eigenvalue weighted by Crippen LogP contribution is -2.26. The average molecular weight is 327 g/mol. The van der Waals surface area contributed by atoms with E-state index in [2.05, 4.69) is 20.0 Å². The van der Waals surface area contributed by atoms with E-state index in [1.165, 1.54) is 19.1 Å². The van der Waals surface area contributed by atoms with Gasteiger partial charge in [0, 0.05) is 12.6 Å². The first-order chi connectivity index (χ1) is 10.7. The van der Waals surface area contributed by atoms with Crippen molar-refractivity contribution in [3.63, 3.8) is 0 Å². The number of alkyl halides is 3. The SMILES string of the molecule is Cc1nc(C(=O)NCc2ccc(OC(F)(F)F)cc2)cc(=O)[nH]1. The number of benzene rings is 1. The molecule has 2 rings (SSSR count). The molecule has 0 aliphatic heterocycles. The Morgan fingerprint density at radius 1 is 1.30 bits per heavy atom. The van der Waals surface area contributed by atoms with E-state index in [1.807, 2.05) is 0 Å². The van der Waals surface area contributed by atoms with Gasteiger partial charge in [0.15, 0.2) is 0 Å². The highest BCUT2D eigenvalue weighted by molar-refractivity contribution is 5.92. The van der Waals surface area contributed by atoms with Crippen molar-refractivity contribution < 1.29 is 22.7 Å². The van der Waals surface area contributed by atoms with Gasteiger partial charge in [-0.15, -0.1) is 13.2 Å². The van der Waals surface area contributed by atoms with Crippen LogP contribution in [0.25, 0.3) is 0 Å². The smallest absolute Gasteiger partial charge is 0.406 e. The maximum absolute atomic E-state index is 12.0. The zero-order valence-electron chi connectivity index (χ0n) is 11.9. The normalized spacial score (nSPS) is 11.1. The molecule has 1 amide bonds. The molecule has 0 fully saturated rings. The van der Waals surface area contributed by atoms with E-state index in [0.717, 1.165) is 18.2 Å². The van der Waals surface area contributed by atoms with Gasteiger partial charge < -0.3 is 15.0 Å². The predicted molar refractivity (Wildman–Crippen MR) is 73.9 cm³/mol. The van der Waals surface area contributed by atoms with Gasteiger partial charge in [0.05, 0.1) is 0 Å². The van der Waals surface area contributed by atoms with Gasteiger partial charge in [-0.2, -0.15) is 0 Å². The zero-order chi connectivity index (χ0) is 17.0. The number of carbonyl (C=O) groups excluding carboxylic acids is 1. The van der Waals surface area contributed by atoms with Gasteiger partial charge in [0.1, 0.15) is 17.3 Å². The number of nitrogens with one attached hydrogen (secondary N) is 2. The van der Waals surface area contributed by atoms with E-state index in [0.29, 0.717) is 11.4 Å². The van der Waals surface area contributed by atoms with Crippen LogP contribution in [0.5, 0.6) is 5.75 Å². The fourth-order valence-corrected chi connectivity index (χ4v) is 1.78. The number of H-pyrrole nitrogens is 1. The molecular formula is C14H12F3N3O3. The fourth-order valence-electron chi connectivity index (χ4n) is 1.78. The van der Waals surface area contributed by atoms with Crippen LogP contribution in [0.3, 0.4) is 0 Å². The summed E-state index contributed by atoms with van der Waals surface area (Å²) < 4.78 is 39.8. The Morgan fingerprint density at radius 3 is 2.52 bits per heavy atom. The van der Waals surface area contributed by atoms with Crippen molar-refractivity contribution in [1.29, 1.82) is 0 Å². The summed E-state index contributed by atoms with van der Waals surface area (Å²) in [6, 6.07) is 6.12. The van der Waals surface area contributed by atoms with Crippen molar-refractivity contribution in [2.24, 2.45) is 0 Å². The third-order valence-corrected chi connectivity index (χ3v) is 2.70. The Labute approximate surface area is 128 Å². The molecule has 0 aliphatic carbocycles. The second-order valence-corrected chi connectivity index (χ2v) is 4.59. The van der Waals surface area contributed by atoms with E-state index < -0.39 is 17.8 Å². The molecule has 0 aliphatic rings. The summed E-state index contributed by atoms with van der Waals surface area (Å²) in [5, 5.41) is 2.52. The molecule has 2 aromatic rings. The molecule has 0 atom stereocenters. The Morgan fingerprint density at radius 2 is 1.96 bits per heavy atom. The number of nitrogens with zero attached hydrogens (tertiary/aromatic N) is 1. The van der Waals surface area contributed by atoms with Crippen molar-refractivity contribution in [3.8, 4) is 5.75 Å². The van der Waals surface area contributed by atoms with Gasteiger partial charge in [-0.1, -0.05) is 12.1 Å². The maximum atomic E-state index is 12.0. The van der Waals surface area contributed by atoms with Crippen LogP contribution in [-0.2, 0) is 6.54 Å². The molecule has 1 heterocycles. The van der Waals surface area contributed by atoms with Crippen LogP contribution >= 0.6 is 0 Å². The van der Waals surface area contributed by atoms with Crippen molar-refractivity contribution in [2.45, 2.75) is 19.8 Å². The number of aromatic amines is 1. The lowest BCUT2D eigenvalue weighted by molar-refractivity contribution is -0.274. The van der Waals surface area contributed by atoms with Gasteiger partial charge in [0.25, 0.3) is 11.5 Å². The molecule has 1 aromatic heterocycles. The first kappa shape index (κ1) is 16.5. The number of aromatic nitrogens is 2. The summed E-state index contributed by atoms with van der Waals surface area (Å²) in [5.74, 6) is -0.606. The lowest BCUT2D eigenvalue weighted by Gasteiger charge is -2.09. The van der Waals surface area contributed by atoms with E-state index in [4.69, 9.17) is 0 Å². The third-order valence-electron chi connectivity index (χ3n) is 2.70. The van der Waals surface area contributed by atoms with Gasteiger partial charge in [-0.05, 0) is 24.6 Å². The number of ether oxygens (including phenoxy) is 1. The van der Waals surface area contributed by atoms with Crippen molar-refractivity contribution in [3.05, 3.63) is 57.8 Å². The highest BCUT2D eigenvalue weighted by Gasteiger charge is 2.30. The number of hydrogen-bond acceptors (Lipinski definition) is 4. The largest absolute Gasteiger partial charge is 0.573 e. The van der Waals surface area contributed by atoms with Crippen molar-refractivity contribution >= 4 is 5.91 Å². The van der Waals surface area contributed by atoms with E-state index in [9.17, 15) is 22.8 Å². The summed E-state index contributed by atoms with van der Waals surface area (Å²) in [6.07, 6.45) is -4.75. The molecular weight excluding hydrogens is 315 g/mol. The summed E-state index contributed by atoms with van der Waals surface area (Å²) in [5.41, 5.74) is 0.0778. The lowest BCUT2D eigenvalue weighted by atomic mass is 10.2. The number of rotatable bonds is 4. The third kappa shape index (κ3) is 5.13. The summed E-state index contributed by atoms with van der Waals surface area (Å²) >= 11 is 0. The molecule has 0 bridgehead atoms. The highest BCUT2D eigenvalue weighted by Crippen LogP contribution is 2.22. The second-order valence-electron chi connectivity index (χ2n) is 4.59. The minimum absolute atomic E-state index is 0.0386. The minimum Gasteiger partial charge on any atom is -0.406 e. The number of hydrogen-bond donors (Lipinski definition) is 2. The average Bonchev–Trinajstić information content (AvgIpc) is 2.43. The predicted octanol–water partition coefficient (Wildman–Crippen LogP) is 1.91. The zero-order valence-corrected chi connectivity index (χ0v) is 11.9. The van der Waals surface area contributed by atoms with Crippen LogP contribution in [0.4, 0.5) is 13.2 Å². The Balaban J connectivity index is 1.97. The Hall–Kier alpha value is -2.84. The first-order valence-electron chi connectivity index (χ1n) is 6.44. The molecule has 23 heavy (non-hydrogen) atoms. The van der Waals surface area contributed by atoms with E-state index in [-0.39, 0.29) is 18.0 Å². The van der Waals surface area contributed by atoms with Crippen LogP contribution in [0, 0.1) is 6.92 Å². The molecule has 2 N–H and O–H groups in total. The van der Waals surface area contributed by atoms with Crippen LogP contribution < -0.4 is 15.6 Å². The van der Waals surface area contributed by atoms with E-state index in [1.54, 1.807) is 0 Å². The number of aryl methyl sites for hydroxylation is 1. The maximum Gasteiger partial charge on any atom is 0.573 e. The van der Waals surface area contributed by atoms with Gasteiger partial charge in [-0.3, -0.25) is 9.59 Å². The number of halogens is 3. The van der Waals surface area contributed by atoms with Crippen LogP contribution in [0.15, 0.2) is 35.1 Å². The molecule has 9 heteroatoms. The molecule has 0 saturated carbocycles. The van der Waals surface area contributed by atoms with Gasteiger partial charge >= 0.3 is 6.36 Å². The molecule has 0 spiro atoms. The van der Waals surface area contributed by atoms with Crippen LogP contribution in [0.1, 0.15) is 21.9 Å². The van der Waals surface area contributed by atoms with Crippen LogP contribution in [0.2, 0.25) is 0 Å². The van der Waals surface area contributed by atoms with Crippen molar-refractivity contribution in [2.75, 3.05) is 0 Å². The topological polar surface area (TPSA) is 84.1 Å². The minimum atomic E-state index is -4.75. The quantitative estimate of drug-likeness (QED) is 0.898. The van der Waals surface area contributed by atoms with Crippen molar-refractivity contribution in [1.82, 2.24) is 15.3 Å². The van der Waals surface area contributed by atoms with Crippen LogP contribution in [-0.4, -0.2) is 22.2 Å². The highest BCUT2D eigenvalue weighted by atomic mass is 19.4. The molecule has 122 valence electrons. The standard InChI is InChI=1S/C14H12F3N3O3/c1-8-19-11(6-12(21)20-8)13(22)18-7-9-2-4-10(5-3-9)23-14(15,16)17/h2-6H,7H2,1H3,(H,18,22)(H,19,20,21). The summed E-state index contributed by atoms with van der Waals surface area (Å²) in [7, 11) is 0.